The Bertz CT molecular complexity index is 122. The van der Waals surface area contributed by atoms with Crippen LogP contribution in [0.15, 0.2) is 0 Å². The fraction of sp³-hybridized carbons (Fsp3) is 1.00. The van der Waals surface area contributed by atoms with Crippen LogP contribution in [0.2, 0.25) is 0 Å². The molecule has 78 valence electrons. The summed E-state index contributed by atoms with van der Waals surface area (Å²) in [5.41, 5.74) is 0. The Morgan fingerprint density at radius 1 is 1.08 bits per heavy atom. The van der Waals surface area contributed by atoms with Crippen molar-refractivity contribution in [1.29, 1.82) is 0 Å². The van der Waals surface area contributed by atoms with Gasteiger partial charge < -0.3 is 0 Å². The second-order valence-electron chi connectivity index (χ2n) is 4.41. The molecule has 1 aliphatic rings. The van der Waals surface area contributed by atoms with E-state index in [0.29, 0.717) is 0 Å². The first-order chi connectivity index (χ1) is 6.34. The molecule has 1 aliphatic carbocycles. The summed E-state index contributed by atoms with van der Waals surface area (Å²) in [6, 6.07) is 0. The molecule has 1 rings (SSSR count). The highest BCUT2D eigenvalue weighted by atomic mass is 79.9. The second kappa shape index (κ2) is 6.86. The molecule has 0 aromatic heterocycles. The molecule has 2 atom stereocenters. The summed E-state index contributed by atoms with van der Waals surface area (Å²) in [5, 5.41) is 0. The first-order valence-electron chi connectivity index (χ1n) is 5.98. The fourth-order valence-corrected chi connectivity index (χ4v) is 3.17. The van der Waals surface area contributed by atoms with E-state index in [2.05, 4.69) is 22.9 Å². The molecule has 1 heteroatoms. The average Bonchev–Trinajstić information content (AvgIpc) is 2.15. The Morgan fingerprint density at radius 2 is 1.85 bits per heavy atom. The van der Waals surface area contributed by atoms with Crippen molar-refractivity contribution in [3.63, 3.8) is 0 Å². The molecule has 0 nitrogen and oxygen atoms in total. The van der Waals surface area contributed by atoms with Crippen LogP contribution in [0.1, 0.15) is 64.7 Å². The third kappa shape index (κ3) is 4.49. The van der Waals surface area contributed by atoms with Gasteiger partial charge in [0.25, 0.3) is 0 Å². The van der Waals surface area contributed by atoms with Gasteiger partial charge in [-0.1, -0.05) is 61.4 Å². The standard InChI is InChI=1S/C12H23Br/c1-2-3-4-5-8-11-9-6-7-10-12(11)13/h11-12H,2-10H2,1H3. The van der Waals surface area contributed by atoms with Crippen LogP contribution >= 0.6 is 15.9 Å². The molecule has 2 unspecified atom stereocenters. The Balaban J connectivity index is 2.05. The van der Waals surface area contributed by atoms with Gasteiger partial charge in [-0.2, -0.15) is 0 Å². The van der Waals surface area contributed by atoms with E-state index in [9.17, 15) is 0 Å². The number of unbranched alkanes of at least 4 members (excludes halogenated alkanes) is 3. The molecule has 1 fully saturated rings. The quantitative estimate of drug-likeness (QED) is 0.478. The molecule has 13 heavy (non-hydrogen) atoms. The average molecular weight is 247 g/mol. The first-order valence-corrected chi connectivity index (χ1v) is 6.90. The van der Waals surface area contributed by atoms with Crippen molar-refractivity contribution >= 4 is 15.9 Å². The van der Waals surface area contributed by atoms with Gasteiger partial charge in [0, 0.05) is 4.83 Å². The maximum atomic E-state index is 3.82. The van der Waals surface area contributed by atoms with Crippen LogP contribution in [0, 0.1) is 5.92 Å². The first kappa shape index (κ1) is 11.6. The number of alkyl halides is 1. The number of rotatable bonds is 5. The highest BCUT2D eigenvalue weighted by Gasteiger charge is 2.21. The molecule has 0 N–H and O–H groups in total. The van der Waals surface area contributed by atoms with Crippen LogP contribution in [-0.4, -0.2) is 4.83 Å². The smallest absolute Gasteiger partial charge is 0.0174 e. The van der Waals surface area contributed by atoms with Crippen molar-refractivity contribution in [3.05, 3.63) is 0 Å². The Morgan fingerprint density at radius 3 is 2.54 bits per heavy atom. The maximum absolute atomic E-state index is 3.82. The molecule has 0 amide bonds. The molecule has 0 aromatic carbocycles. The van der Waals surface area contributed by atoms with Crippen LogP contribution < -0.4 is 0 Å². The summed E-state index contributed by atoms with van der Waals surface area (Å²) >= 11 is 3.82. The lowest BCUT2D eigenvalue weighted by molar-refractivity contribution is 0.343. The predicted molar refractivity (Wildman–Crippen MR) is 63.4 cm³/mol. The van der Waals surface area contributed by atoms with Crippen molar-refractivity contribution in [2.24, 2.45) is 5.92 Å². The van der Waals surface area contributed by atoms with Gasteiger partial charge in [-0.15, -0.1) is 0 Å². The Kier molecular flexibility index (Phi) is 6.10. The van der Waals surface area contributed by atoms with Crippen molar-refractivity contribution < 1.29 is 0 Å². The highest BCUT2D eigenvalue weighted by Crippen LogP contribution is 2.33. The molecule has 0 spiro atoms. The van der Waals surface area contributed by atoms with Gasteiger partial charge in [0.2, 0.25) is 0 Å². The lowest BCUT2D eigenvalue weighted by atomic mass is 9.85. The van der Waals surface area contributed by atoms with E-state index in [1.807, 2.05) is 0 Å². The van der Waals surface area contributed by atoms with E-state index in [4.69, 9.17) is 0 Å². The molecule has 0 aliphatic heterocycles. The molecule has 1 saturated carbocycles. The van der Waals surface area contributed by atoms with Gasteiger partial charge in [0.15, 0.2) is 0 Å². The summed E-state index contributed by atoms with van der Waals surface area (Å²) in [5.74, 6) is 0.991. The SMILES string of the molecule is CCCCCCC1CCCCC1Br. The summed E-state index contributed by atoms with van der Waals surface area (Å²) < 4.78 is 0. The maximum Gasteiger partial charge on any atom is 0.0174 e. The lowest BCUT2D eigenvalue weighted by Gasteiger charge is -2.27. The minimum Gasteiger partial charge on any atom is -0.0888 e. The van der Waals surface area contributed by atoms with Crippen LogP contribution in [0.4, 0.5) is 0 Å². The normalized spacial score (nSPS) is 29.1. The summed E-state index contributed by atoms with van der Waals surface area (Å²) in [7, 11) is 0. The zero-order chi connectivity index (χ0) is 9.52. The van der Waals surface area contributed by atoms with E-state index in [1.54, 1.807) is 0 Å². The third-order valence-corrected chi connectivity index (χ3v) is 4.45. The molecular weight excluding hydrogens is 224 g/mol. The monoisotopic (exact) mass is 246 g/mol. The number of halogens is 1. The van der Waals surface area contributed by atoms with E-state index < -0.39 is 0 Å². The zero-order valence-electron chi connectivity index (χ0n) is 8.90. The summed E-state index contributed by atoms with van der Waals surface area (Å²) in [6.07, 6.45) is 13.0. The zero-order valence-corrected chi connectivity index (χ0v) is 10.5. The molecule has 0 bridgehead atoms. The van der Waals surface area contributed by atoms with Gasteiger partial charge >= 0.3 is 0 Å². The molecule has 0 aromatic rings. The van der Waals surface area contributed by atoms with E-state index in [0.717, 1.165) is 10.7 Å². The van der Waals surface area contributed by atoms with Crippen molar-refractivity contribution in [3.8, 4) is 0 Å². The van der Waals surface area contributed by atoms with Crippen molar-refractivity contribution in [1.82, 2.24) is 0 Å². The Hall–Kier alpha value is 0.480. The van der Waals surface area contributed by atoms with Gasteiger partial charge in [-0.05, 0) is 25.2 Å². The van der Waals surface area contributed by atoms with Crippen LogP contribution in [0.5, 0.6) is 0 Å². The van der Waals surface area contributed by atoms with E-state index >= 15 is 0 Å². The molecule has 0 heterocycles. The minimum absolute atomic E-state index is 0.836. The summed E-state index contributed by atoms with van der Waals surface area (Å²) in [6.45, 7) is 2.29. The largest absolute Gasteiger partial charge is 0.0888 e. The van der Waals surface area contributed by atoms with Crippen LogP contribution in [-0.2, 0) is 0 Å². The molecule has 0 saturated heterocycles. The van der Waals surface area contributed by atoms with Gasteiger partial charge in [0.05, 0.1) is 0 Å². The summed E-state index contributed by atoms with van der Waals surface area (Å²) in [4.78, 5) is 0.836. The van der Waals surface area contributed by atoms with E-state index in [-0.39, 0.29) is 0 Å². The van der Waals surface area contributed by atoms with Gasteiger partial charge in [-0.3, -0.25) is 0 Å². The highest BCUT2D eigenvalue weighted by molar-refractivity contribution is 9.09. The van der Waals surface area contributed by atoms with Gasteiger partial charge in [0.1, 0.15) is 0 Å². The van der Waals surface area contributed by atoms with Crippen LogP contribution in [0.3, 0.4) is 0 Å². The number of hydrogen-bond acceptors (Lipinski definition) is 0. The fourth-order valence-electron chi connectivity index (χ4n) is 2.32. The number of hydrogen-bond donors (Lipinski definition) is 0. The van der Waals surface area contributed by atoms with Crippen LogP contribution in [0.25, 0.3) is 0 Å². The van der Waals surface area contributed by atoms with Crippen molar-refractivity contribution in [2.45, 2.75) is 69.5 Å². The van der Waals surface area contributed by atoms with E-state index in [1.165, 1.54) is 57.8 Å². The Labute approximate surface area is 91.6 Å². The molecule has 0 radical (unpaired) electrons. The lowest BCUT2D eigenvalue weighted by Crippen LogP contribution is -2.18. The minimum atomic E-state index is 0.836. The predicted octanol–water partition coefficient (Wildman–Crippen LogP) is 4.91. The third-order valence-electron chi connectivity index (χ3n) is 3.24. The second-order valence-corrected chi connectivity index (χ2v) is 5.59. The van der Waals surface area contributed by atoms with Crippen molar-refractivity contribution in [2.75, 3.05) is 0 Å². The molecular formula is C12H23Br. The topological polar surface area (TPSA) is 0 Å². The van der Waals surface area contributed by atoms with Gasteiger partial charge in [-0.25, -0.2) is 0 Å².